The number of benzene rings is 1. The van der Waals surface area contributed by atoms with Crippen LogP contribution in [-0.2, 0) is 11.2 Å². The van der Waals surface area contributed by atoms with Crippen molar-refractivity contribution in [1.82, 2.24) is 0 Å². The van der Waals surface area contributed by atoms with Gasteiger partial charge in [0.1, 0.15) is 11.6 Å². The third-order valence-electron chi connectivity index (χ3n) is 3.61. The lowest BCUT2D eigenvalue weighted by atomic mass is 9.96. The number of fused-ring (bicyclic) bond motifs is 1. The van der Waals surface area contributed by atoms with Crippen molar-refractivity contribution in [1.29, 1.82) is 0 Å². The molecule has 0 saturated heterocycles. The van der Waals surface area contributed by atoms with Crippen LogP contribution in [0.4, 0.5) is 10.1 Å². The van der Waals surface area contributed by atoms with Crippen LogP contribution in [0.2, 0.25) is 0 Å². The summed E-state index contributed by atoms with van der Waals surface area (Å²) < 4.78 is 19.6. The topological polar surface area (TPSA) is 64.3 Å². The predicted octanol–water partition coefficient (Wildman–Crippen LogP) is 2.83. The lowest BCUT2D eigenvalue weighted by Gasteiger charge is -2.20. The number of methoxy groups -OCH3 is 1. The van der Waals surface area contributed by atoms with Gasteiger partial charge >= 0.3 is 0 Å². The normalized spacial score (nSPS) is 15.3. The molecule has 110 valence electrons. The number of thiophene rings is 1. The molecule has 1 aromatic carbocycles. The summed E-state index contributed by atoms with van der Waals surface area (Å²) >= 11 is 1.44. The van der Waals surface area contributed by atoms with Crippen molar-refractivity contribution in [2.75, 3.05) is 12.4 Å². The minimum absolute atomic E-state index is 0.0844. The minimum atomic E-state index is -0.581. The number of aryl methyl sites for hydroxylation is 1. The molecule has 1 amide bonds. The molecular weight excluding hydrogens is 291 g/mol. The van der Waals surface area contributed by atoms with Crippen LogP contribution in [0.3, 0.4) is 0 Å². The second kappa shape index (κ2) is 5.46. The first-order valence-corrected chi connectivity index (χ1v) is 7.47. The number of ether oxygens (including phenoxy) is 1. The molecule has 2 heterocycles. The summed E-state index contributed by atoms with van der Waals surface area (Å²) in [6.45, 7) is 0. The average Bonchev–Trinajstić information content (AvgIpc) is 2.94. The number of rotatable bonds is 3. The highest BCUT2D eigenvalue weighted by Gasteiger charge is 2.23. The second-order valence-corrected chi connectivity index (χ2v) is 5.86. The molecule has 1 aliphatic heterocycles. The van der Waals surface area contributed by atoms with E-state index in [2.05, 4.69) is 5.32 Å². The Bertz CT molecular complexity index is 699. The van der Waals surface area contributed by atoms with E-state index in [-0.39, 0.29) is 5.91 Å². The van der Waals surface area contributed by atoms with E-state index in [4.69, 9.17) is 10.5 Å². The summed E-state index contributed by atoms with van der Waals surface area (Å²) in [6, 6.07) is 4.33. The third kappa shape index (κ3) is 2.52. The molecule has 0 saturated carbocycles. The number of amides is 1. The summed E-state index contributed by atoms with van der Waals surface area (Å²) in [5, 5.41) is 4.55. The maximum Gasteiger partial charge on any atom is 0.224 e. The Hall–Kier alpha value is -1.92. The van der Waals surface area contributed by atoms with Crippen LogP contribution in [0, 0.1) is 5.82 Å². The van der Waals surface area contributed by atoms with Gasteiger partial charge in [-0.25, -0.2) is 4.39 Å². The Morgan fingerprint density at radius 2 is 2.24 bits per heavy atom. The van der Waals surface area contributed by atoms with Gasteiger partial charge in [0.15, 0.2) is 0 Å². The van der Waals surface area contributed by atoms with Gasteiger partial charge in [-0.15, -0.1) is 11.3 Å². The molecule has 21 heavy (non-hydrogen) atoms. The molecule has 0 fully saturated rings. The van der Waals surface area contributed by atoms with E-state index >= 15 is 0 Å². The zero-order valence-electron chi connectivity index (χ0n) is 11.5. The van der Waals surface area contributed by atoms with Crippen LogP contribution in [0.5, 0.6) is 5.75 Å². The summed E-state index contributed by atoms with van der Waals surface area (Å²) in [7, 11) is 1.57. The molecule has 0 aliphatic carbocycles. The quantitative estimate of drug-likeness (QED) is 0.916. The number of anilines is 1. The Morgan fingerprint density at radius 1 is 1.43 bits per heavy atom. The fraction of sp³-hybridized carbons (Fsp3) is 0.267. The van der Waals surface area contributed by atoms with Crippen LogP contribution in [0.25, 0.3) is 0 Å². The van der Waals surface area contributed by atoms with Crippen LogP contribution < -0.4 is 15.8 Å². The van der Waals surface area contributed by atoms with Crippen LogP contribution in [0.15, 0.2) is 23.6 Å². The number of hydrogen-bond acceptors (Lipinski definition) is 4. The SMILES string of the molecule is COc1ccsc1C(N)c1cc2c(cc1F)NC(=O)CC2. The van der Waals surface area contributed by atoms with Crippen LogP contribution in [-0.4, -0.2) is 13.0 Å². The number of carbonyl (C=O) groups excluding carboxylic acids is 1. The zero-order chi connectivity index (χ0) is 15.0. The van der Waals surface area contributed by atoms with Crippen LogP contribution in [0.1, 0.15) is 28.5 Å². The first-order valence-electron chi connectivity index (χ1n) is 6.59. The standard InChI is InChI=1S/C15H15FN2O2S/c1-20-12-4-5-21-15(12)14(17)9-6-8-2-3-13(19)18-11(8)7-10(9)16/h4-7,14H,2-3,17H2,1H3,(H,18,19). The summed E-state index contributed by atoms with van der Waals surface area (Å²) in [5.74, 6) is 0.163. The molecule has 0 spiro atoms. The third-order valence-corrected chi connectivity index (χ3v) is 4.59. The molecule has 1 unspecified atom stereocenters. The maximum absolute atomic E-state index is 14.3. The van der Waals surface area contributed by atoms with Gasteiger partial charge in [0.25, 0.3) is 0 Å². The van der Waals surface area contributed by atoms with E-state index in [1.165, 1.54) is 17.4 Å². The van der Waals surface area contributed by atoms with E-state index in [1.54, 1.807) is 13.2 Å². The molecule has 0 radical (unpaired) electrons. The molecule has 6 heteroatoms. The minimum Gasteiger partial charge on any atom is -0.496 e. The average molecular weight is 306 g/mol. The fourth-order valence-electron chi connectivity index (χ4n) is 2.51. The van der Waals surface area contributed by atoms with Crippen molar-refractivity contribution in [2.24, 2.45) is 5.73 Å². The van der Waals surface area contributed by atoms with Crippen molar-refractivity contribution < 1.29 is 13.9 Å². The van der Waals surface area contributed by atoms with Crippen molar-refractivity contribution in [2.45, 2.75) is 18.9 Å². The lowest BCUT2D eigenvalue weighted by Crippen LogP contribution is -2.21. The van der Waals surface area contributed by atoms with Crippen LogP contribution >= 0.6 is 11.3 Å². The fourth-order valence-corrected chi connectivity index (χ4v) is 3.38. The van der Waals surface area contributed by atoms with E-state index in [0.717, 1.165) is 10.4 Å². The zero-order valence-corrected chi connectivity index (χ0v) is 12.3. The smallest absolute Gasteiger partial charge is 0.224 e. The number of carbonyl (C=O) groups is 1. The molecule has 1 aromatic heterocycles. The van der Waals surface area contributed by atoms with Gasteiger partial charge < -0.3 is 15.8 Å². The first kappa shape index (κ1) is 14.0. The van der Waals surface area contributed by atoms with Crippen molar-refractivity contribution in [3.05, 3.63) is 45.4 Å². The molecule has 2 aromatic rings. The lowest BCUT2D eigenvalue weighted by molar-refractivity contribution is -0.116. The highest BCUT2D eigenvalue weighted by Crippen LogP contribution is 2.36. The molecule has 0 bridgehead atoms. The number of hydrogen-bond donors (Lipinski definition) is 2. The van der Waals surface area contributed by atoms with E-state index < -0.39 is 11.9 Å². The highest BCUT2D eigenvalue weighted by atomic mass is 32.1. The largest absolute Gasteiger partial charge is 0.496 e. The Kier molecular flexibility index (Phi) is 3.65. The molecular formula is C15H15FN2O2S. The number of halogens is 1. The van der Waals surface area contributed by atoms with Crippen molar-refractivity contribution >= 4 is 22.9 Å². The molecule has 3 N–H and O–H groups in total. The van der Waals surface area contributed by atoms with Gasteiger partial charge in [0.2, 0.25) is 5.91 Å². The first-order chi connectivity index (χ1) is 10.1. The predicted molar refractivity (Wildman–Crippen MR) is 80.3 cm³/mol. The monoisotopic (exact) mass is 306 g/mol. The van der Waals surface area contributed by atoms with Gasteiger partial charge in [-0.1, -0.05) is 0 Å². The maximum atomic E-state index is 14.3. The summed E-state index contributed by atoms with van der Waals surface area (Å²) in [5.41, 5.74) is 8.08. The van der Waals surface area contributed by atoms with Gasteiger partial charge in [-0.05, 0) is 35.6 Å². The second-order valence-electron chi connectivity index (χ2n) is 4.91. The van der Waals surface area contributed by atoms with Crippen molar-refractivity contribution in [3.63, 3.8) is 0 Å². The summed E-state index contributed by atoms with van der Waals surface area (Å²) in [6.07, 6.45) is 1.01. The van der Waals surface area contributed by atoms with E-state index in [1.807, 2.05) is 11.4 Å². The Labute approximate surface area is 125 Å². The highest BCUT2D eigenvalue weighted by molar-refractivity contribution is 7.10. The Balaban J connectivity index is 2.01. The molecule has 4 nitrogen and oxygen atoms in total. The number of nitrogens with two attached hydrogens (primary N) is 1. The Morgan fingerprint density at radius 3 is 3.00 bits per heavy atom. The van der Waals surface area contributed by atoms with Gasteiger partial charge in [-0.3, -0.25) is 4.79 Å². The molecule has 1 aliphatic rings. The van der Waals surface area contributed by atoms with Gasteiger partial charge in [0.05, 0.1) is 18.0 Å². The van der Waals surface area contributed by atoms with E-state index in [9.17, 15) is 9.18 Å². The van der Waals surface area contributed by atoms with Crippen molar-refractivity contribution in [3.8, 4) is 5.75 Å². The van der Waals surface area contributed by atoms with E-state index in [0.29, 0.717) is 29.8 Å². The van der Waals surface area contributed by atoms with Gasteiger partial charge in [-0.2, -0.15) is 0 Å². The molecule has 3 rings (SSSR count). The van der Waals surface area contributed by atoms with Gasteiger partial charge in [0, 0.05) is 17.7 Å². The number of nitrogens with one attached hydrogen (secondary N) is 1. The molecule has 1 atom stereocenters. The summed E-state index contributed by atoms with van der Waals surface area (Å²) in [4.78, 5) is 12.1.